The minimum atomic E-state index is 0.253. The lowest BCUT2D eigenvalue weighted by atomic mass is 10.1. The van der Waals surface area contributed by atoms with Gasteiger partial charge in [-0.05, 0) is 18.2 Å². The smallest absolute Gasteiger partial charge is 0.0645 e. The molecule has 0 bridgehead atoms. The third kappa shape index (κ3) is 1.14. The summed E-state index contributed by atoms with van der Waals surface area (Å²) in [7, 11) is 0. The van der Waals surface area contributed by atoms with Crippen molar-refractivity contribution < 1.29 is 2.74 Å². The predicted molar refractivity (Wildman–Crippen MR) is 85.2 cm³/mol. The van der Waals surface area contributed by atoms with Gasteiger partial charge in [0.25, 0.3) is 0 Å². The van der Waals surface area contributed by atoms with Crippen LogP contribution in [-0.2, 0) is 0 Å². The van der Waals surface area contributed by atoms with Crippen molar-refractivity contribution >= 4 is 43.6 Å². The highest BCUT2D eigenvalue weighted by Crippen LogP contribution is 2.35. The Morgan fingerprint density at radius 2 is 1.35 bits per heavy atom. The molecule has 2 aromatic heterocycles. The second-order valence-corrected chi connectivity index (χ2v) is 5.09. The van der Waals surface area contributed by atoms with Crippen molar-refractivity contribution in [1.82, 2.24) is 9.97 Å². The predicted octanol–water partition coefficient (Wildman–Crippen LogP) is 4.96. The standard InChI is InChI=1S/C18H12N2/c1-3-7-14-11(5-1)12-9-10-16-17(18(12)20-14)13-6-2-4-8-15(13)19-16/h1-10,19-20H/i9D,10D. The third-order valence-corrected chi connectivity index (χ3v) is 3.97. The molecule has 0 aliphatic rings. The zero-order valence-corrected chi connectivity index (χ0v) is 10.6. The van der Waals surface area contributed by atoms with Crippen LogP contribution >= 0.6 is 0 Å². The molecule has 0 aliphatic heterocycles. The van der Waals surface area contributed by atoms with E-state index in [4.69, 9.17) is 2.74 Å². The van der Waals surface area contributed by atoms with Gasteiger partial charge in [0.05, 0.1) is 8.26 Å². The fraction of sp³-hybridized carbons (Fsp3) is 0. The molecule has 2 heterocycles. The van der Waals surface area contributed by atoms with Gasteiger partial charge in [-0.2, -0.15) is 0 Å². The van der Waals surface area contributed by atoms with Gasteiger partial charge in [-0.15, -0.1) is 0 Å². The quantitative estimate of drug-likeness (QED) is 0.393. The van der Waals surface area contributed by atoms with Crippen LogP contribution in [0, 0.1) is 0 Å². The number of para-hydroxylation sites is 2. The van der Waals surface area contributed by atoms with Gasteiger partial charge in [0.1, 0.15) is 0 Å². The molecule has 0 saturated carbocycles. The summed E-state index contributed by atoms with van der Waals surface area (Å²) < 4.78 is 16.8. The van der Waals surface area contributed by atoms with E-state index in [0.29, 0.717) is 0 Å². The maximum absolute atomic E-state index is 8.42. The minimum absolute atomic E-state index is 0.253. The molecule has 5 rings (SSSR count). The molecule has 0 fully saturated rings. The molecule has 3 aromatic carbocycles. The molecule has 0 spiro atoms. The zero-order valence-electron chi connectivity index (χ0n) is 12.6. The Hall–Kier alpha value is -2.74. The van der Waals surface area contributed by atoms with Crippen molar-refractivity contribution in [3.05, 3.63) is 60.6 Å². The van der Waals surface area contributed by atoms with Gasteiger partial charge in [0.15, 0.2) is 0 Å². The van der Waals surface area contributed by atoms with Crippen molar-refractivity contribution in [3.63, 3.8) is 0 Å². The molecule has 0 aliphatic carbocycles. The van der Waals surface area contributed by atoms with Crippen molar-refractivity contribution in [1.29, 1.82) is 0 Å². The first-order valence-electron chi connectivity index (χ1n) is 7.65. The highest BCUT2D eigenvalue weighted by molar-refractivity contribution is 6.24. The monoisotopic (exact) mass is 258 g/mol. The number of hydrogen-bond donors (Lipinski definition) is 2. The van der Waals surface area contributed by atoms with E-state index < -0.39 is 0 Å². The van der Waals surface area contributed by atoms with Gasteiger partial charge in [-0.3, -0.25) is 0 Å². The zero-order chi connectivity index (χ0) is 14.8. The molecule has 20 heavy (non-hydrogen) atoms. The number of rotatable bonds is 0. The van der Waals surface area contributed by atoms with Gasteiger partial charge < -0.3 is 9.97 Å². The summed E-state index contributed by atoms with van der Waals surface area (Å²) >= 11 is 0. The topological polar surface area (TPSA) is 31.6 Å². The van der Waals surface area contributed by atoms with E-state index >= 15 is 0 Å². The Balaban J connectivity index is 2.20. The lowest BCUT2D eigenvalue weighted by Crippen LogP contribution is -1.71. The molecule has 0 unspecified atom stereocenters. The summed E-state index contributed by atoms with van der Waals surface area (Å²) in [6.07, 6.45) is 0. The summed E-state index contributed by atoms with van der Waals surface area (Å²) in [4.78, 5) is 6.74. The second-order valence-electron chi connectivity index (χ2n) is 5.09. The number of fused-ring (bicyclic) bond motifs is 7. The molecular weight excluding hydrogens is 244 g/mol. The third-order valence-electron chi connectivity index (χ3n) is 3.97. The van der Waals surface area contributed by atoms with E-state index in [0.717, 1.165) is 43.6 Å². The highest BCUT2D eigenvalue weighted by atomic mass is 14.7. The summed E-state index contributed by atoms with van der Waals surface area (Å²) in [5.74, 6) is 0. The van der Waals surface area contributed by atoms with Gasteiger partial charge in [-0.1, -0.05) is 42.4 Å². The van der Waals surface area contributed by atoms with Crippen LogP contribution in [0.1, 0.15) is 2.74 Å². The molecular formula is C18H12N2. The number of aromatic nitrogens is 2. The van der Waals surface area contributed by atoms with E-state index in [2.05, 4.69) is 16.0 Å². The summed E-state index contributed by atoms with van der Waals surface area (Å²) in [6.45, 7) is 0. The van der Waals surface area contributed by atoms with Crippen molar-refractivity contribution in [3.8, 4) is 0 Å². The van der Waals surface area contributed by atoms with Crippen LogP contribution in [0.5, 0.6) is 0 Å². The largest absolute Gasteiger partial charge is 0.354 e. The Morgan fingerprint density at radius 1 is 0.650 bits per heavy atom. The summed E-state index contributed by atoms with van der Waals surface area (Å²) in [5, 5.41) is 3.92. The fourth-order valence-corrected chi connectivity index (χ4v) is 3.08. The fourth-order valence-electron chi connectivity index (χ4n) is 3.08. The molecule has 0 saturated heterocycles. The first-order valence-corrected chi connectivity index (χ1v) is 6.65. The van der Waals surface area contributed by atoms with Crippen molar-refractivity contribution in [2.75, 3.05) is 0 Å². The lowest BCUT2D eigenvalue weighted by Gasteiger charge is -1.94. The molecule has 0 atom stereocenters. The molecule has 2 nitrogen and oxygen atoms in total. The summed E-state index contributed by atoms with van der Waals surface area (Å²) in [6, 6.07) is 16.5. The van der Waals surface area contributed by atoms with Gasteiger partial charge in [0, 0.05) is 38.1 Å². The Bertz CT molecular complexity index is 1200. The van der Waals surface area contributed by atoms with Crippen LogP contribution in [0.3, 0.4) is 0 Å². The Labute approximate surface area is 117 Å². The average molecular weight is 258 g/mol. The highest BCUT2D eigenvalue weighted by Gasteiger charge is 2.11. The number of benzene rings is 3. The van der Waals surface area contributed by atoms with Crippen LogP contribution in [0.15, 0.2) is 60.6 Å². The Kier molecular flexibility index (Phi) is 1.44. The van der Waals surface area contributed by atoms with E-state index in [9.17, 15) is 0 Å². The van der Waals surface area contributed by atoms with Crippen LogP contribution in [0.25, 0.3) is 43.6 Å². The first kappa shape index (κ1) is 8.43. The normalized spacial score (nSPS) is 13.4. The van der Waals surface area contributed by atoms with E-state index in [1.807, 2.05) is 42.5 Å². The molecule has 2 N–H and O–H groups in total. The number of aromatic amines is 2. The molecule has 5 aromatic rings. The van der Waals surface area contributed by atoms with Crippen LogP contribution in [0.2, 0.25) is 0 Å². The van der Waals surface area contributed by atoms with E-state index in [1.165, 1.54) is 0 Å². The average Bonchev–Trinajstić information content (AvgIpc) is 3.11. The van der Waals surface area contributed by atoms with Gasteiger partial charge >= 0.3 is 0 Å². The van der Waals surface area contributed by atoms with Crippen LogP contribution in [-0.4, -0.2) is 9.97 Å². The van der Waals surface area contributed by atoms with Gasteiger partial charge in [-0.25, -0.2) is 0 Å². The number of hydrogen-bond acceptors (Lipinski definition) is 0. The molecule has 2 heteroatoms. The van der Waals surface area contributed by atoms with Crippen molar-refractivity contribution in [2.24, 2.45) is 0 Å². The van der Waals surface area contributed by atoms with E-state index in [1.54, 1.807) is 0 Å². The second kappa shape index (κ2) is 3.42. The number of H-pyrrole nitrogens is 2. The van der Waals surface area contributed by atoms with Crippen molar-refractivity contribution in [2.45, 2.75) is 0 Å². The lowest BCUT2D eigenvalue weighted by molar-refractivity contribution is 1.54. The van der Waals surface area contributed by atoms with E-state index in [-0.39, 0.29) is 12.1 Å². The van der Waals surface area contributed by atoms with Gasteiger partial charge in [0.2, 0.25) is 0 Å². The maximum atomic E-state index is 8.42. The number of nitrogens with one attached hydrogen (secondary N) is 2. The minimum Gasteiger partial charge on any atom is -0.354 e. The Morgan fingerprint density at radius 3 is 2.20 bits per heavy atom. The summed E-state index contributed by atoms with van der Waals surface area (Å²) in [5.41, 5.74) is 3.67. The molecule has 0 amide bonds. The molecule has 0 radical (unpaired) electrons. The SMILES string of the molecule is [2H]c1c([2H])c2c3ccccc3[nH]c2c2c1[nH]c1ccccc12. The van der Waals surface area contributed by atoms with Crippen LogP contribution < -0.4 is 0 Å². The van der Waals surface area contributed by atoms with Crippen LogP contribution in [0.4, 0.5) is 0 Å². The maximum Gasteiger partial charge on any atom is 0.0645 e. The first-order chi connectivity index (χ1) is 10.8. The molecule has 94 valence electrons.